The van der Waals surface area contributed by atoms with E-state index in [2.05, 4.69) is 58.4 Å². The standard InChI is InChI=1S/C28H25N3O2/c1-19(29-28(32)23-14-5-8-17-26(23)33-2)27-30-24-15-6-7-16-25(24)31(27)18-21-12-9-11-20-10-3-4-13-22(20)21/h3-17,19H,18H2,1-2H3,(H,29,32). The Morgan fingerprint density at radius 1 is 0.939 bits per heavy atom. The normalized spacial score (nSPS) is 12.1. The number of hydrogen-bond acceptors (Lipinski definition) is 3. The topological polar surface area (TPSA) is 56.1 Å². The molecule has 0 aliphatic rings. The van der Waals surface area contributed by atoms with E-state index in [0.29, 0.717) is 17.9 Å². The first kappa shape index (κ1) is 20.8. The van der Waals surface area contributed by atoms with Crippen molar-refractivity contribution in [2.75, 3.05) is 7.11 Å². The molecule has 4 aromatic carbocycles. The summed E-state index contributed by atoms with van der Waals surface area (Å²) in [5.41, 5.74) is 3.66. The second kappa shape index (κ2) is 8.79. The van der Waals surface area contributed by atoms with Crippen molar-refractivity contribution < 1.29 is 9.53 Å². The van der Waals surface area contributed by atoms with Gasteiger partial charge in [-0.1, -0.05) is 66.7 Å². The van der Waals surface area contributed by atoms with Crippen molar-refractivity contribution in [3.05, 3.63) is 108 Å². The fraction of sp³-hybridized carbons (Fsp3) is 0.143. The zero-order valence-corrected chi connectivity index (χ0v) is 18.7. The quantitative estimate of drug-likeness (QED) is 0.370. The molecule has 1 aromatic heterocycles. The van der Waals surface area contributed by atoms with Crippen LogP contribution in [-0.2, 0) is 6.54 Å². The molecule has 1 atom stereocenters. The van der Waals surface area contributed by atoms with Crippen LogP contribution in [0.4, 0.5) is 0 Å². The van der Waals surface area contributed by atoms with E-state index in [1.807, 2.05) is 37.3 Å². The van der Waals surface area contributed by atoms with Crippen LogP contribution in [0.3, 0.4) is 0 Å². The Balaban J connectivity index is 1.53. The molecule has 1 heterocycles. The van der Waals surface area contributed by atoms with Gasteiger partial charge in [0.05, 0.1) is 36.3 Å². The van der Waals surface area contributed by atoms with Crippen molar-refractivity contribution >= 4 is 27.7 Å². The lowest BCUT2D eigenvalue weighted by molar-refractivity contribution is 0.0934. The highest BCUT2D eigenvalue weighted by Gasteiger charge is 2.21. The molecular weight excluding hydrogens is 410 g/mol. The fourth-order valence-electron chi connectivity index (χ4n) is 4.36. The molecular formula is C28H25N3O2. The Kier molecular flexibility index (Phi) is 5.53. The van der Waals surface area contributed by atoms with Crippen LogP contribution >= 0.6 is 0 Å². The van der Waals surface area contributed by atoms with Gasteiger partial charge in [0.25, 0.3) is 5.91 Å². The minimum Gasteiger partial charge on any atom is -0.496 e. The number of imidazole rings is 1. The molecule has 1 unspecified atom stereocenters. The van der Waals surface area contributed by atoms with Gasteiger partial charge in [0.1, 0.15) is 11.6 Å². The summed E-state index contributed by atoms with van der Waals surface area (Å²) in [5.74, 6) is 1.17. The van der Waals surface area contributed by atoms with Gasteiger partial charge in [-0.3, -0.25) is 4.79 Å². The van der Waals surface area contributed by atoms with Crippen LogP contribution < -0.4 is 10.1 Å². The molecule has 164 valence electrons. The highest BCUT2D eigenvalue weighted by molar-refractivity contribution is 5.97. The number of amides is 1. The molecule has 1 amide bonds. The largest absolute Gasteiger partial charge is 0.496 e. The number of carbonyl (C=O) groups excluding carboxylic acids is 1. The van der Waals surface area contributed by atoms with E-state index in [-0.39, 0.29) is 11.9 Å². The Hall–Kier alpha value is -4.12. The molecule has 5 nitrogen and oxygen atoms in total. The summed E-state index contributed by atoms with van der Waals surface area (Å²) < 4.78 is 7.56. The van der Waals surface area contributed by atoms with Gasteiger partial charge in [0.2, 0.25) is 0 Å². The number of para-hydroxylation sites is 3. The van der Waals surface area contributed by atoms with Crippen molar-refractivity contribution in [1.82, 2.24) is 14.9 Å². The van der Waals surface area contributed by atoms with Gasteiger partial charge in [-0.15, -0.1) is 0 Å². The van der Waals surface area contributed by atoms with Crippen LogP contribution in [0.15, 0.2) is 91.0 Å². The molecule has 0 radical (unpaired) electrons. The predicted octanol–water partition coefficient (Wildman–Crippen LogP) is 5.74. The third-order valence-electron chi connectivity index (χ3n) is 5.98. The minimum atomic E-state index is -0.301. The Morgan fingerprint density at radius 2 is 1.67 bits per heavy atom. The first-order valence-corrected chi connectivity index (χ1v) is 11.0. The molecule has 0 saturated heterocycles. The number of benzene rings is 4. The van der Waals surface area contributed by atoms with Gasteiger partial charge < -0.3 is 14.6 Å². The lowest BCUT2D eigenvalue weighted by atomic mass is 10.0. The SMILES string of the molecule is COc1ccccc1C(=O)NC(C)c1nc2ccccc2n1Cc1cccc2ccccc12. The second-order valence-corrected chi connectivity index (χ2v) is 8.08. The molecule has 5 aromatic rings. The van der Waals surface area contributed by atoms with Crippen molar-refractivity contribution in [2.45, 2.75) is 19.5 Å². The number of hydrogen-bond donors (Lipinski definition) is 1. The zero-order valence-electron chi connectivity index (χ0n) is 18.7. The first-order valence-electron chi connectivity index (χ1n) is 11.0. The number of rotatable bonds is 6. The van der Waals surface area contributed by atoms with E-state index in [0.717, 1.165) is 16.9 Å². The van der Waals surface area contributed by atoms with Gasteiger partial charge >= 0.3 is 0 Å². The van der Waals surface area contributed by atoms with Crippen LogP contribution in [0.5, 0.6) is 5.75 Å². The number of nitrogens with zero attached hydrogens (tertiary/aromatic N) is 2. The Labute approximate surface area is 192 Å². The van der Waals surface area contributed by atoms with Crippen LogP contribution in [0, 0.1) is 0 Å². The molecule has 0 bridgehead atoms. The third-order valence-corrected chi connectivity index (χ3v) is 5.98. The second-order valence-electron chi connectivity index (χ2n) is 8.08. The van der Waals surface area contributed by atoms with Crippen LogP contribution in [0.1, 0.15) is 34.7 Å². The van der Waals surface area contributed by atoms with Crippen molar-refractivity contribution in [3.63, 3.8) is 0 Å². The summed E-state index contributed by atoms with van der Waals surface area (Å²) in [6.07, 6.45) is 0. The molecule has 5 heteroatoms. The third kappa shape index (κ3) is 3.94. The summed E-state index contributed by atoms with van der Waals surface area (Å²) in [5, 5.41) is 5.53. The number of ether oxygens (including phenoxy) is 1. The lowest BCUT2D eigenvalue weighted by Crippen LogP contribution is -2.29. The number of nitrogens with one attached hydrogen (secondary N) is 1. The first-order chi connectivity index (χ1) is 16.2. The van der Waals surface area contributed by atoms with E-state index in [4.69, 9.17) is 9.72 Å². The average Bonchev–Trinajstić information content (AvgIpc) is 3.22. The molecule has 0 aliphatic heterocycles. The molecule has 0 spiro atoms. The van der Waals surface area contributed by atoms with Gasteiger partial charge in [-0.25, -0.2) is 4.98 Å². The molecule has 0 aliphatic carbocycles. The Bertz CT molecular complexity index is 1450. The zero-order chi connectivity index (χ0) is 22.8. The summed E-state index contributed by atoms with van der Waals surface area (Å²) in [6.45, 7) is 2.63. The van der Waals surface area contributed by atoms with Crippen LogP contribution in [-0.4, -0.2) is 22.6 Å². The number of carbonyl (C=O) groups is 1. The maximum Gasteiger partial charge on any atom is 0.255 e. The van der Waals surface area contributed by atoms with Crippen LogP contribution in [0.25, 0.3) is 21.8 Å². The summed E-state index contributed by atoms with van der Waals surface area (Å²) in [4.78, 5) is 17.9. The highest BCUT2D eigenvalue weighted by atomic mass is 16.5. The van der Waals surface area contributed by atoms with E-state index in [1.165, 1.54) is 16.3 Å². The lowest BCUT2D eigenvalue weighted by Gasteiger charge is -2.18. The van der Waals surface area contributed by atoms with Crippen molar-refractivity contribution in [1.29, 1.82) is 0 Å². The predicted molar refractivity (Wildman–Crippen MR) is 132 cm³/mol. The smallest absolute Gasteiger partial charge is 0.255 e. The van der Waals surface area contributed by atoms with E-state index >= 15 is 0 Å². The monoisotopic (exact) mass is 435 g/mol. The van der Waals surface area contributed by atoms with Gasteiger partial charge in [0, 0.05) is 0 Å². The maximum absolute atomic E-state index is 13.0. The summed E-state index contributed by atoms with van der Waals surface area (Å²) in [6, 6.07) is 29.8. The molecule has 5 rings (SSSR count). The van der Waals surface area contributed by atoms with Gasteiger partial charge in [-0.05, 0) is 47.5 Å². The minimum absolute atomic E-state index is 0.191. The molecule has 1 N–H and O–H groups in total. The molecule has 0 saturated carbocycles. The van der Waals surface area contributed by atoms with Crippen molar-refractivity contribution in [2.24, 2.45) is 0 Å². The van der Waals surface area contributed by atoms with E-state index < -0.39 is 0 Å². The van der Waals surface area contributed by atoms with Crippen LogP contribution in [0.2, 0.25) is 0 Å². The van der Waals surface area contributed by atoms with Gasteiger partial charge in [-0.2, -0.15) is 0 Å². The van der Waals surface area contributed by atoms with E-state index in [1.54, 1.807) is 19.2 Å². The highest BCUT2D eigenvalue weighted by Crippen LogP contribution is 2.26. The summed E-state index contributed by atoms with van der Waals surface area (Å²) in [7, 11) is 1.57. The fourth-order valence-corrected chi connectivity index (χ4v) is 4.36. The number of methoxy groups -OCH3 is 1. The maximum atomic E-state index is 13.0. The number of aromatic nitrogens is 2. The molecule has 33 heavy (non-hydrogen) atoms. The average molecular weight is 436 g/mol. The van der Waals surface area contributed by atoms with Crippen molar-refractivity contribution in [3.8, 4) is 5.75 Å². The summed E-state index contributed by atoms with van der Waals surface area (Å²) >= 11 is 0. The van der Waals surface area contributed by atoms with E-state index in [9.17, 15) is 4.79 Å². The van der Waals surface area contributed by atoms with Gasteiger partial charge in [0.15, 0.2) is 0 Å². The molecule has 0 fully saturated rings. The number of fused-ring (bicyclic) bond motifs is 2. The Morgan fingerprint density at radius 3 is 2.55 bits per heavy atom.